The molecule has 0 aromatic carbocycles. The Kier molecular flexibility index (Phi) is 6.80. The molecule has 5 atom stereocenters. The zero-order valence-electron chi connectivity index (χ0n) is 13.4. The van der Waals surface area contributed by atoms with E-state index in [9.17, 15) is 19.8 Å². The van der Waals surface area contributed by atoms with Gasteiger partial charge in [0, 0.05) is 11.8 Å². The molecule has 0 spiro atoms. The minimum atomic E-state index is -1.77. The van der Waals surface area contributed by atoms with Crippen molar-refractivity contribution >= 4 is 8.53 Å². The second-order valence-electron chi connectivity index (χ2n) is 5.35. The lowest BCUT2D eigenvalue weighted by atomic mass is 10.1. The number of aliphatic hydroxyl groups is 2. The molecule has 12 heteroatoms. The van der Waals surface area contributed by atoms with Crippen LogP contribution in [-0.4, -0.2) is 51.3 Å². The van der Waals surface area contributed by atoms with Gasteiger partial charge < -0.3 is 24.0 Å². The van der Waals surface area contributed by atoms with Gasteiger partial charge in [-0.1, -0.05) is 0 Å². The zero-order valence-corrected chi connectivity index (χ0v) is 14.3. The fourth-order valence-corrected chi connectivity index (χ4v) is 2.88. The van der Waals surface area contributed by atoms with Crippen LogP contribution in [0.4, 0.5) is 0 Å². The van der Waals surface area contributed by atoms with Gasteiger partial charge in [-0.25, -0.2) is 4.79 Å². The van der Waals surface area contributed by atoms with E-state index in [1.807, 2.05) is 6.07 Å². The van der Waals surface area contributed by atoms with E-state index in [0.717, 1.165) is 4.57 Å². The Morgan fingerprint density at radius 2 is 2.16 bits per heavy atom. The Bertz CT molecular complexity index is 745. The summed E-state index contributed by atoms with van der Waals surface area (Å²) in [7, 11) is -1.77. The SMILES string of the molecule is Cc1cn([C@@H]2O[C@H](COP(N)OCCC#N)[C@@H](O)[C@H]2O)c(=O)[nH]c1=O. The number of rotatable bonds is 7. The number of nitrogens with two attached hydrogens (primary N) is 1. The highest BCUT2D eigenvalue weighted by molar-refractivity contribution is 7.44. The van der Waals surface area contributed by atoms with Crippen LogP contribution in [0.2, 0.25) is 0 Å². The molecule has 1 saturated heterocycles. The third-order valence-corrected chi connectivity index (χ3v) is 4.40. The van der Waals surface area contributed by atoms with E-state index in [-0.39, 0.29) is 25.2 Å². The van der Waals surface area contributed by atoms with Gasteiger partial charge in [0.15, 0.2) is 6.23 Å². The number of aryl methyl sites for hydroxylation is 1. The van der Waals surface area contributed by atoms with Crippen LogP contribution < -0.4 is 16.8 Å². The Morgan fingerprint density at radius 1 is 1.44 bits per heavy atom. The van der Waals surface area contributed by atoms with Gasteiger partial charge in [0.2, 0.25) is 0 Å². The maximum Gasteiger partial charge on any atom is 0.330 e. The maximum atomic E-state index is 11.9. The van der Waals surface area contributed by atoms with Gasteiger partial charge in [0.1, 0.15) is 18.3 Å². The predicted molar refractivity (Wildman–Crippen MR) is 85.2 cm³/mol. The van der Waals surface area contributed by atoms with E-state index >= 15 is 0 Å². The molecule has 1 aromatic rings. The Labute approximate surface area is 143 Å². The lowest BCUT2D eigenvalue weighted by Gasteiger charge is -2.18. The van der Waals surface area contributed by atoms with Crippen LogP contribution in [0, 0.1) is 18.3 Å². The second-order valence-corrected chi connectivity index (χ2v) is 6.43. The number of ether oxygens (including phenoxy) is 1. The van der Waals surface area contributed by atoms with E-state index in [1.165, 1.54) is 13.1 Å². The van der Waals surface area contributed by atoms with Crippen LogP contribution >= 0.6 is 8.53 Å². The molecule has 5 N–H and O–H groups in total. The molecule has 0 radical (unpaired) electrons. The van der Waals surface area contributed by atoms with Gasteiger partial charge in [-0.3, -0.25) is 19.8 Å². The average Bonchev–Trinajstić information content (AvgIpc) is 2.85. The summed E-state index contributed by atoms with van der Waals surface area (Å²) >= 11 is 0. The van der Waals surface area contributed by atoms with E-state index in [4.69, 9.17) is 24.6 Å². The summed E-state index contributed by atoms with van der Waals surface area (Å²) < 4.78 is 16.8. The topological polar surface area (TPSA) is 173 Å². The number of hydrogen-bond donors (Lipinski definition) is 4. The molecule has 138 valence electrons. The molecule has 2 heterocycles. The molecule has 0 saturated carbocycles. The molecule has 2 rings (SSSR count). The highest BCUT2D eigenvalue weighted by Gasteiger charge is 2.44. The van der Waals surface area contributed by atoms with Crippen LogP contribution in [0.15, 0.2) is 15.8 Å². The van der Waals surface area contributed by atoms with Gasteiger partial charge in [-0.2, -0.15) is 5.26 Å². The number of H-pyrrole nitrogens is 1. The van der Waals surface area contributed by atoms with Crippen LogP contribution in [0.25, 0.3) is 0 Å². The first-order valence-electron chi connectivity index (χ1n) is 7.36. The van der Waals surface area contributed by atoms with Crippen LogP contribution in [-0.2, 0) is 13.8 Å². The van der Waals surface area contributed by atoms with Gasteiger partial charge in [0.05, 0.1) is 25.7 Å². The van der Waals surface area contributed by atoms with Crippen molar-refractivity contribution in [2.75, 3.05) is 13.2 Å². The normalized spacial score (nSPS) is 27.2. The molecule has 0 amide bonds. The van der Waals surface area contributed by atoms with Crippen LogP contribution in [0.5, 0.6) is 0 Å². The third kappa shape index (κ3) is 4.71. The quantitative estimate of drug-likeness (QED) is 0.330. The standard InChI is InChI=1S/C13H19N4O7P/c1-7-5-17(13(21)16-11(7)20)12-10(19)9(18)8(24-12)6-23-25(15)22-4-2-3-14/h5,8-10,12,18-19H,2,4,6,15H2,1H3,(H,16,20,21)/t8-,9-,10-,12-,25?/m1/s1. The monoisotopic (exact) mass is 374 g/mol. The highest BCUT2D eigenvalue weighted by atomic mass is 31.2. The number of aromatic nitrogens is 2. The summed E-state index contributed by atoms with van der Waals surface area (Å²) in [5.41, 5.74) is 4.53. The number of aliphatic hydroxyl groups excluding tert-OH is 2. The summed E-state index contributed by atoms with van der Waals surface area (Å²) in [4.78, 5) is 25.4. The van der Waals surface area contributed by atoms with Crippen molar-refractivity contribution in [2.45, 2.75) is 37.9 Å². The molecule has 1 aliphatic heterocycles. The number of nitrogens with one attached hydrogen (secondary N) is 1. The number of nitrogens with zero attached hydrogens (tertiary/aromatic N) is 2. The molecule has 1 unspecified atom stereocenters. The highest BCUT2D eigenvalue weighted by Crippen LogP contribution is 2.33. The number of nitriles is 1. The van der Waals surface area contributed by atoms with Gasteiger partial charge in [-0.15, -0.1) is 0 Å². The van der Waals surface area contributed by atoms with Crippen molar-refractivity contribution in [1.82, 2.24) is 9.55 Å². The van der Waals surface area contributed by atoms with Crippen LogP contribution in [0.1, 0.15) is 18.2 Å². The lowest BCUT2D eigenvalue weighted by molar-refractivity contribution is -0.0518. The first-order chi connectivity index (χ1) is 11.8. The lowest BCUT2D eigenvalue weighted by Crippen LogP contribution is -2.38. The second kappa shape index (κ2) is 8.64. The van der Waals surface area contributed by atoms with Crippen molar-refractivity contribution in [3.05, 3.63) is 32.6 Å². The molecular formula is C13H19N4O7P. The third-order valence-electron chi connectivity index (χ3n) is 3.56. The van der Waals surface area contributed by atoms with Gasteiger partial charge in [-0.05, 0) is 6.92 Å². The van der Waals surface area contributed by atoms with Crippen LogP contribution in [0.3, 0.4) is 0 Å². The predicted octanol–water partition coefficient (Wildman–Crippen LogP) is -1.40. The Morgan fingerprint density at radius 3 is 2.84 bits per heavy atom. The van der Waals surface area contributed by atoms with Crippen molar-refractivity contribution < 1.29 is 24.0 Å². The summed E-state index contributed by atoms with van der Waals surface area (Å²) in [6, 6.07) is 1.89. The van der Waals surface area contributed by atoms with Gasteiger partial charge in [0.25, 0.3) is 14.1 Å². The minimum Gasteiger partial charge on any atom is -0.387 e. The van der Waals surface area contributed by atoms with Crippen molar-refractivity contribution in [2.24, 2.45) is 5.50 Å². The Balaban J connectivity index is 2.01. The first kappa shape index (κ1) is 19.7. The summed E-state index contributed by atoms with van der Waals surface area (Å²) in [6.07, 6.45) is -3.46. The van der Waals surface area contributed by atoms with Crippen molar-refractivity contribution in [3.8, 4) is 6.07 Å². The zero-order chi connectivity index (χ0) is 18.6. The smallest absolute Gasteiger partial charge is 0.330 e. The fraction of sp³-hybridized carbons (Fsp3) is 0.615. The fourth-order valence-electron chi connectivity index (χ4n) is 2.24. The number of aromatic amines is 1. The summed E-state index contributed by atoms with van der Waals surface area (Å²) in [5.74, 6) is 0. The van der Waals surface area contributed by atoms with E-state index in [1.54, 1.807) is 0 Å². The average molecular weight is 374 g/mol. The van der Waals surface area contributed by atoms with E-state index in [0.29, 0.717) is 0 Å². The molecule has 0 bridgehead atoms. The largest absolute Gasteiger partial charge is 0.387 e. The molecule has 1 aromatic heterocycles. The Hall–Kier alpha value is -1.64. The molecular weight excluding hydrogens is 355 g/mol. The minimum absolute atomic E-state index is 0.115. The number of hydrogen-bond acceptors (Lipinski definition) is 9. The first-order valence-corrected chi connectivity index (χ1v) is 8.61. The summed E-state index contributed by atoms with van der Waals surface area (Å²) in [5, 5.41) is 28.6. The van der Waals surface area contributed by atoms with Crippen molar-refractivity contribution in [1.29, 1.82) is 5.26 Å². The van der Waals surface area contributed by atoms with Crippen molar-refractivity contribution in [3.63, 3.8) is 0 Å². The van der Waals surface area contributed by atoms with Gasteiger partial charge >= 0.3 is 5.69 Å². The molecule has 1 aliphatic rings. The summed E-state index contributed by atoms with van der Waals surface area (Å²) in [6.45, 7) is 1.43. The van der Waals surface area contributed by atoms with E-state index in [2.05, 4.69) is 4.98 Å². The van der Waals surface area contributed by atoms with E-state index < -0.39 is 44.3 Å². The molecule has 11 nitrogen and oxygen atoms in total. The molecule has 0 aliphatic carbocycles. The molecule has 1 fully saturated rings. The maximum absolute atomic E-state index is 11.9. The molecule has 25 heavy (non-hydrogen) atoms.